The quantitative estimate of drug-likeness (QED) is 0.564. The molecular weight excluding hydrogens is 430 g/mol. The fourth-order valence-electron chi connectivity index (χ4n) is 3.90. The fourth-order valence-corrected chi connectivity index (χ4v) is 6.56. The molecular formula is C23H27N3O3S2. The van der Waals surface area contributed by atoms with Crippen LogP contribution in [0.2, 0.25) is 0 Å². The number of thiazole rings is 1. The van der Waals surface area contributed by atoms with E-state index in [1.165, 1.54) is 12.1 Å². The third-order valence-electron chi connectivity index (χ3n) is 5.93. The molecule has 0 saturated carbocycles. The minimum Gasteiger partial charge on any atom is -0.333 e. The van der Waals surface area contributed by atoms with Gasteiger partial charge in [-0.1, -0.05) is 19.1 Å². The van der Waals surface area contributed by atoms with Crippen LogP contribution in [0.3, 0.4) is 0 Å². The van der Waals surface area contributed by atoms with Gasteiger partial charge >= 0.3 is 0 Å². The van der Waals surface area contributed by atoms with Crippen LogP contribution >= 0.6 is 11.3 Å². The van der Waals surface area contributed by atoms with Gasteiger partial charge < -0.3 is 4.90 Å². The zero-order chi connectivity index (χ0) is 22.2. The molecule has 2 heterocycles. The molecule has 1 fully saturated rings. The molecule has 0 N–H and O–H groups in total. The van der Waals surface area contributed by atoms with Gasteiger partial charge in [0.15, 0.2) is 0 Å². The molecule has 2 aromatic carbocycles. The van der Waals surface area contributed by atoms with E-state index >= 15 is 0 Å². The zero-order valence-corrected chi connectivity index (χ0v) is 19.6. The summed E-state index contributed by atoms with van der Waals surface area (Å²) in [6.07, 6.45) is 1.93. The number of aromatic nitrogens is 1. The Kier molecular flexibility index (Phi) is 6.14. The number of carbonyl (C=O) groups excluding carboxylic acids is 1. The highest BCUT2D eigenvalue weighted by atomic mass is 32.2. The highest BCUT2D eigenvalue weighted by Gasteiger charge is 2.29. The van der Waals surface area contributed by atoms with E-state index in [0.717, 1.165) is 28.1 Å². The molecule has 31 heavy (non-hydrogen) atoms. The topological polar surface area (TPSA) is 70.6 Å². The van der Waals surface area contributed by atoms with Gasteiger partial charge in [-0.25, -0.2) is 13.4 Å². The van der Waals surface area contributed by atoms with E-state index in [1.807, 2.05) is 31.2 Å². The molecule has 0 bridgehead atoms. The van der Waals surface area contributed by atoms with Gasteiger partial charge in [0.05, 0.1) is 21.2 Å². The lowest BCUT2D eigenvalue weighted by Crippen LogP contribution is -2.39. The maximum Gasteiger partial charge on any atom is 0.254 e. The Hall–Kier alpha value is -2.29. The van der Waals surface area contributed by atoms with Gasteiger partial charge in [0.1, 0.15) is 5.01 Å². The lowest BCUT2D eigenvalue weighted by molar-refractivity contribution is 0.0742. The molecule has 0 radical (unpaired) electrons. The number of rotatable bonds is 5. The van der Waals surface area contributed by atoms with Crippen molar-refractivity contribution < 1.29 is 13.2 Å². The number of nitrogens with zero attached hydrogens (tertiary/aromatic N) is 3. The number of piperidine rings is 1. The third kappa shape index (κ3) is 4.37. The van der Waals surface area contributed by atoms with Crippen LogP contribution in [0.4, 0.5) is 0 Å². The normalized spacial score (nSPS) is 18.7. The van der Waals surface area contributed by atoms with Crippen LogP contribution in [-0.2, 0) is 10.0 Å². The Bertz CT molecular complexity index is 1160. The molecule has 1 amide bonds. The summed E-state index contributed by atoms with van der Waals surface area (Å²) in [7, 11) is -1.78. The molecule has 1 aliphatic rings. The standard InChI is InChI=1S/C23H27N3O3S2/c1-16-7-6-14-26(15-16)31(28,29)19-12-10-18(11-13-19)23(27)25(3)17(2)22-24-20-8-4-5-9-21(20)30-22/h4-5,8-13,16-17H,6-7,14-15H2,1-3H3/t16-,17-/m0/s1. The number of fused-ring (bicyclic) bond motifs is 1. The molecule has 8 heteroatoms. The minimum atomic E-state index is -3.53. The van der Waals surface area contributed by atoms with Crippen LogP contribution in [0.15, 0.2) is 53.4 Å². The predicted octanol–water partition coefficient (Wildman–Crippen LogP) is 4.55. The van der Waals surface area contributed by atoms with Crippen LogP contribution < -0.4 is 0 Å². The Morgan fingerprint density at radius 1 is 1.19 bits per heavy atom. The Balaban J connectivity index is 1.50. The second-order valence-corrected chi connectivity index (χ2v) is 11.2. The van der Waals surface area contributed by atoms with Crippen molar-refractivity contribution in [2.75, 3.05) is 20.1 Å². The van der Waals surface area contributed by atoms with Crippen LogP contribution in [0.5, 0.6) is 0 Å². The summed E-state index contributed by atoms with van der Waals surface area (Å²) < 4.78 is 28.5. The van der Waals surface area contributed by atoms with Crippen molar-refractivity contribution >= 4 is 37.5 Å². The average molecular weight is 458 g/mol. The summed E-state index contributed by atoms with van der Waals surface area (Å²) in [6.45, 7) is 5.12. The summed E-state index contributed by atoms with van der Waals surface area (Å²) in [6, 6.07) is 14.0. The molecule has 4 rings (SSSR count). The van der Waals surface area contributed by atoms with E-state index in [2.05, 4.69) is 11.9 Å². The highest BCUT2D eigenvalue weighted by molar-refractivity contribution is 7.89. The molecule has 164 valence electrons. The van der Waals surface area contributed by atoms with Crippen molar-refractivity contribution in [3.05, 3.63) is 59.1 Å². The largest absolute Gasteiger partial charge is 0.333 e. The summed E-state index contributed by atoms with van der Waals surface area (Å²) in [4.78, 5) is 19.6. The second-order valence-electron chi connectivity index (χ2n) is 8.25. The summed E-state index contributed by atoms with van der Waals surface area (Å²) in [5.41, 5.74) is 1.39. The van der Waals surface area contributed by atoms with Gasteiger partial charge in [0.25, 0.3) is 5.91 Å². The predicted molar refractivity (Wildman–Crippen MR) is 124 cm³/mol. The Labute approximate surface area is 187 Å². The molecule has 0 unspecified atom stereocenters. The van der Waals surface area contributed by atoms with Crippen molar-refractivity contribution in [3.8, 4) is 0 Å². The smallest absolute Gasteiger partial charge is 0.254 e. The van der Waals surface area contributed by atoms with Crippen LogP contribution in [0.1, 0.15) is 48.1 Å². The van der Waals surface area contributed by atoms with Crippen LogP contribution in [-0.4, -0.2) is 48.7 Å². The number of hydrogen-bond acceptors (Lipinski definition) is 5. The molecule has 1 aromatic heterocycles. The first-order chi connectivity index (χ1) is 14.8. The molecule has 6 nitrogen and oxygen atoms in total. The average Bonchev–Trinajstić information content (AvgIpc) is 3.22. The lowest BCUT2D eigenvalue weighted by Gasteiger charge is -2.30. The molecule has 0 aliphatic carbocycles. The number of sulfonamides is 1. The molecule has 3 aromatic rings. The van der Waals surface area contributed by atoms with Crippen LogP contribution in [0.25, 0.3) is 10.2 Å². The second kappa shape index (κ2) is 8.68. The monoisotopic (exact) mass is 457 g/mol. The van der Waals surface area contributed by atoms with Crippen molar-refractivity contribution in [2.45, 2.75) is 37.6 Å². The summed E-state index contributed by atoms with van der Waals surface area (Å²) in [5.74, 6) is 0.198. The first-order valence-corrected chi connectivity index (χ1v) is 12.8. The van der Waals surface area contributed by atoms with E-state index in [1.54, 1.807) is 39.7 Å². The minimum absolute atomic E-state index is 0.165. The first-order valence-electron chi connectivity index (χ1n) is 10.5. The van der Waals surface area contributed by atoms with Crippen LogP contribution in [0, 0.1) is 5.92 Å². The van der Waals surface area contributed by atoms with E-state index < -0.39 is 10.0 Å². The number of benzene rings is 2. The SMILES string of the molecule is C[C@H]1CCCN(S(=O)(=O)c2ccc(C(=O)N(C)[C@@H](C)c3nc4ccccc4s3)cc2)C1. The number of para-hydroxylation sites is 1. The van der Waals surface area contributed by atoms with Gasteiger partial charge in [-0.3, -0.25) is 4.79 Å². The maximum absolute atomic E-state index is 13.0. The van der Waals surface area contributed by atoms with Gasteiger partial charge in [-0.2, -0.15) is 4.31 Å². The van der Waals surface area contributed by atoms with Crippen molar-refractivity contribution in [1.82, 2.24) is 14.2 Å². The van der Waals surface area contributed by atoms with E-state index in [9.17, 15) is 13.2 Å². The maximum atomic E-state index is 13.0. The lowest BCUT2D eigenvalue weighted by atomic mass is 10.0. The Morgan fingerprint density at radius 3 is 2.58 bits per heavy atom. The third-order valence-corrected chi connectivity index (χ3v) is 9.01. The van der Waals surface area contributed by atoms with Crippen molar-refractivity contribution in [3.63, 3.8) is 0 Å². The fraction of sp³-hybridized carbons (Fsp3) is 0.391. The number of hydrogen-bond donors (Lipinski definition) is 0. The number of carbonyl (C=O) groups is 1. The van der Waals surface area contributed by atoms with E-state index in [4.69, 9.17) is 0 Å². The summed E-state index contributed by atoms with van der Waals surface area (Å²) in [5, 5.41) is 0.871. The number of amides is 1. The highest BCUT2D eigenvalue weighted by Crippen LogP contribution is 2.30. The zero-order valence-electron chi connectivity index (χ0n) is 18.0. The van der Waals surface area contributed by atoms with Gasteiger partial charge in [-0.15, -0.1) is 11.3 Å². The van der Waals surface area contributed by atoms with E-state index in [-0.39, 0.29) is 16.8 Å². The van der Waals surface area contributed by atoms with Gasteiger partial charge in [-0.05, 0) is 62.1 Å². The molecule has 1 saturated heterocycles. The first kappa shape index (κ1) is 21.9. The molecule has 1 aliphatic heterocycles. The van der Waals surface area contributed by atoms with Gasteiger partial charge in [0, 0.05) is 25.7 Å². The molecule has 0 spiro atoms. The molecule has 2 atom stereocenters. The van der Waals surface area contributed by atoms with Crippen molar-refractivity contribution in [2.24, 2.45) is 5.92 Å². The Morgan fingerprint density at radius 2 is 1.90 bits per heavy atom. The summed E-state index contributed by atoms with van der Waals surface area (Å²) >= 11 is 1.58. The van der Waals surface area contributed by atoms with E-state index in [0.29, 0.717) is 24.6 Å². The van der Waals surface area contributed by atoms with Crippen molar-refractivity contribution in [1.29, 1.82) is 0 Å². The van der Waals surface area contributed by atoms with Gasteiger partial charge in [0.2, 0.25) is 10.0 Å².